The van der Waals surface area contributed by atoms with Crippen molar-refractivity contribution >= 4 is 29.0 Å². The zero-order valence-electron chi connectivity index (χ0n) is 20.0. The Kier molecular flexibility index (Phi) is 9.14. The maximum atomic E-state index is 13.5. The highest BCUT2D eigenvalue weighted by atomic mass is 19.1. The lowest BCUT2D eigenvalue weighted by Gasteiger charge is -2.23. The Morgan fingerprint density at radius 2 is 1.74 bits per heavy atom. The van der Waals surface area contributed by atoms with Crippen LogP contribution in [-0.4, -0.2) is 53.9 Å². The fraction of sp³-hybridized carbons (Fsp3) is 0.269. The number of carbonyl (C=O) groups is 2. The van der Waals surface area contributed by atoms with E-state index in [1.165, 1.54) is 12.1 Å². The molecule has 0 spiro atoms. The standard InChI is InChI=1S/C26H31FN6O2/c1-32(2)14-5-6-15-33(26(35)30-21-9-7-8-20(27)16-21)18-19-12-13-24(29-17-19)25(34)31-23-11-4-3-10-22(23)28/h3-4,7-13,16-17H,5-6,14-15,18,28H2,1-2H3,(H,30,35)(H,31,34). The van der Waals surface area contributed by atoms with Gasteiger partial charge in [-0.25, -0.2) is 9.18 Å². The van der Waals surface area contributed by atoms with Crippen LogP contribution >= 0.6 is 0 Å². The van der Waals surface area contributed by atoms with Gasteiger partial charge in [0.2, 0.25) is 0 Å². The number of aromatic nitrogens is 1. The number of amides is 3. The molecule has 0 fully saturated rings. The summed E-state index contributed by atoms with van der Waals surface area (Å²) >= 11 is 0. The quantitative estimate of drug-likeness (QED) is 0.295. The first kappa shape index (κ1) is 25.6. The third-order valence-electron chi connectivity index (χ3n) is 5.29. The Balaban J connectivity index is 1.66. The summed E-state index contributed by atoms with van der Waals surface area (Å²) in [6.07, 6.45) is 3.31. The fourth-order valence-corrected chi connectivity index (χ4v) is 3.42. The van der Waals surface area contributed by atoms with Gasteiger partial charge in [0.05, 0.1) is 11.4 Å². The molecule has 1 heterocycles. The molecule has 4 N–H and O–H groups in total. The van der Waals surface area contributed by atoms with Crippen molar-refractivity contribution in [2.45, 2.75) is 19.4 Å². The molecule has 0 saturated carbocycles. The zero-order valence-corrected chi connectivity index (χ0v) is 20.0. The maximum Gasteiger partial charge on any atom is 0.322 e. The third kappa shape index (κ3) is 8.08. The number of hydrogen-bond acceptors (Lipinski definition) is 5. The number of benzene rings is 2. The first-order chi connectivity index (χ1) is 16.8. The van der Waals surface area contributed by atoms with Crippen molar-refractivity contribution in [2.75, 3.05) is 43.6 Å². The van der Waals surface area contributed by atoms with Gasteiger partial charge in [0.1, 0.15) is 11.5 Å². The summed E-state index contributed by atoms with van der Waals surface area (Å²) in [7, 11) is 4.01. The van der Waals surface area contributed by atoms with Crippen LogP contribution in [0.1, 0.15) is 28.9 Å². The topological polar surface area (TPSA) is 104 Å². The average molecular weight is 479 g/mol. The smallest absolute Gasteiger partial charge is 0.322 e. The van der Waals surface area contributed by atoms with Crippen LogP contribution in [0.3, 0.4) is 0 Å². The van der Waals surface area contributed by atoms with Gasteiger partial charge in [-0.3, -0.25) is 9.78 Å². The Morgan fingerprint density at radius 3 is 2.43 bits per heavy atom. The second kappa shape index (κ2) is 12.5. The summed E-state index contributed by atoms with van der Waals surface area (Å²) in [5.41, 5.74) is 8.25. The fourth-order valence-electron chi connectivity index (χ4n) is 3.42. The number of halogens is 1. The molecule has 8 nitrogen and oxygen atoms in total. The van der Waals surface area contributed by atoms with E-state index in [1.54, 1.807) is 59.6 Å². The van der Waals surface area contributed by atoms with Gasteiger partial charge >= 0.3 is 6.03 Å². The molecule has 0 aliphatic rings. The molecule has 184 valence electrons. The van der Waals surface area contributed by atoms with Crippen molar-refractivity contribution in [3.05, 3.63) is 83.9 Å². The van der Waals surface area contributed by atoms with Crippen LogP contribution in [0.5, 0.6) is 0 Å². The number of rotatable bonds is 10. The number of nitrogens with two attached hydrogens (primary N) is 1. The summed E-state index contributed by atoms with van der Waals surface area (Å²) in [5, 5.41) is 5.50. The van der Waals surface area contributed by atoms with Gasteiger partial charge in [-0.15, -0.1) is 0 Å². The van der Waals surface area contributed by atoms with Crippen molar-refractivity contribution in [1.82, 2.24) is 14.8 Å². The first-order valence-electron chi connectivity index (χ1n) is 11.4. The van der Waals surface area contributed by atoms with Crippen LogP contribution in [-0.2, 0) is 6.54 Å². The lowest BCUT2D eigenvalue weighted by Crippen LogP contribution is -2.35. The number of nitrogens with zero attached hydrogens (tertiary/aromatic N) is 3. The number of hydrogen-bond donors (Lipinski definition) is 3. The Bertz CT molecular complexity index is 1140. The molecule has 0 aliphatic carbocycles. The molecule has 0 saturated heterocycles. The highest BCUT2D eigenvalue weighted by Crippen LogP contribution is 2.18. The predicted octanol–water partition coefficient (Wildman–Crippen LogP) is 4.43. The molecular formula is C26H31FN6O2. The van der Waals surface area contributed by atoms with Gasteiger partial charge in [0, 0.05) is 25.0 Å². The molecule has 3 aromatic rings. The summed E-state index contributed by atoms with van der Waals surface area (Å²) in [5.74, 6) is -0.797. The lowest BCUT2D eigenvalue weighted by atomic mass is 10.2. The molecular weight excluding hydrogens is 447 g/mol. The number of urea groups is 1. The van der Waals surface area contributed by atoms with E-state index in [9.17, 15) is 14.0 Å². The average Bonchev–Trinajstić information content (AvgIpc) is 2.82. The largest absolute Gasteiger partial charge is 0.397 e. The van der Waals surface area contributed by atoms with Crippen molar-refractivity contribution in [2.24, 2.45) is 0 Å². The minimum absolute atomic E-state index is 0.235. The third-order valence-corrected chi connectivity index (χ3v) is 5.29. The molecule has 3 rings (SSSR count). The highest BCUT2D eigenvalue weighted by molar-refractivity contribution is 6.04. The Morgan fingerprint density at radius 1 is 0.971 bits per heavy atom. The molecule has 9 heteroatoms. The Hall–Kier alpha value is -3.98. The molecule has 0 radical (unpaired) electrons. The van der Waals surface area contributed by atoms with E-state index in [4.69, 9.17) is 5.73 Å². The van der Waals surface area contributed by atoms with Gasteiger partial charge in [-0.1, -0.05) is 24.3 Å². The van der Waals surface area contributed by atoms with Crippen molar-refractivity contribution < 1.29 is 14.0 Å². The van der Waals surface area contributed by atoms with Crippen LogP contribution in [0.15, 0.2) is 66.9 Å². The monoisotopic (exact) mass is 478 g/mol. The minimum atomic E-state index is -0.421. The minimum Gasteiger partial charge on any atom is -0.397 e. The van der Waals surface area contributed by atoms with Crippen LogP contribution in [0.25, 0.3) is 0 Å². The van der Waals surface area contributed by atoms with Gasteiger partial charge < -0.3 is 26.2 Å². The second-order valence-corrected chi connectivity index (χ2v) is 8.47. The molecule has 0 bridgehead atoms. The number of anilines is 3. The van der Waals surface area contributed by atoms with Crippen LogP contribution in [0, 0.1) is 5.82 Å². The molecule has 0 atom stereocenters. The van der Waals surface area contributed by atoms with Crippen LogP contribution in [0.4, 0.5) is 26.2 Å². The summed E-state index contributed by atoms with van der Waals surface area (Å²) in [6.45, 7) is 1.73. The SMILES string of the molecule is CN(C)CCCCN(Cc1ccc(C(=O)Nc2ccccc2N)nc1)C(=O)Nc1cccc(F)c1. The number of nitrogen functional groups attached to an aromatic ring is 1. The second-order valence-electron chi connectivity index (χ2n) is 8.47. The van der Waals surface area contributed by atoms with Crippen LogP contribution < -0.4 is 16.4 Å². The number of nitrogens with one attached hydrogen (secondary N) is 2. The number of para-hydroxylation sites is 2. The first-order valence-corrected chi connectivity index (χ1v) is 11.4. The number of unbranched alkanes of at least 4 members (excludes halogenated alkanes) is 1. The molecule has 1 aromatic heterocycles. The molecule has 3 amide bonds. The maximum absolute atomic E-state index is 13.5. The van der Waals surface area contributed by atoms with Gasteiger partial charge in [-0.2, -0.15) is 0 Å². The van der Waals surface area contributed by atoms with Gasteiger partial charge in [0.15, 0.2) is 0 Å². The van der Waals surface area contributed by atoms with Crippen LogP contribution in [0.2, 0.25) is 0 Å². The molecule has 0 aliphatic heterocycles. The molecule has 35 heavy (non-hydrogen) atoms. The zero-order chi connectivity index (χ0) is 25.2. The lowest BCUT2D eigenvalue weighted by molar-refractivity contribution is 0.102. The van der Waals surface area contributed by atoms with Crippen molar-refractivity contribution in [3.8, 4) is 0 Å². The number of carbonyl (C=O) groups excluding carboxylic acids is 2. The number of pyridine rings is 1. The van der Waals surface area contributed by atoms with E-state index in [2.05, 4.69) is 20.5 Å². The summed E-state index contributed by atoms with van der Waals surface area (Å²) in [4.78, 5) is 33.5. The van der Waals surface area contributed by atoms with E-state index in [0.29, 0.717) is 30.2 Å². The van der Waals surface area contributed by atoms with E-state index < -0.39 is 5.82 Å². The van der Waals surface area contributed by atoms with E-state index in [0.717, 1.165) is 24.9 Å². The van der Waals surface area contributed by atoms with E-state index >= 15 is 0 Å². The van der Waals surface area contributed by atoms with Gasteiger partial charge in [0.25, 0.3) is 5.91 Å². The van der Waals surface area contributed by atoms with Crippen molar-refractivity contribution in [3.63, 3.8) is 0 Å². The summed E-state index contributed by atoms with van der Waals surface area (Å²) < 4.78 is 13.5. The molecule has 2 aromatic carbocycles. The summed E-state index contributed by atoms with van der Waals surface area (Å²) in [6, 6.07) is 15.8. The van der Waals surface area contributed by atoms with Crippen molar-refractivity contribution in [1.29, 1.82) is 0 Å². The highest BCUT2D eigenvalue weighted by Gasteiger charge is 2.16. The van der Waals surface area contributed by atoms with E-state index in [-0.39, 0.29) is 17.6 Å². The van der Waals surface area contributed by atoms with E-state index in [1.807, 2.05) is 14.1 Å². The Labute approximate surface area is 204 Å². The van der Waals surface area contributed by atoms with Gasteiger partial charge in [-0.05, 0) is 75.4 Å². The molecule has 0 unspecified atom stereocenters. The predicted molar refractivity (Wildman–Crippen MR) is 137 cm³/mol. The normalized spacial score (nSPS) is 10.7.